The third-order valence-electron chi connectivity index (χ3n) is 3.83. The molecule has 0 aliphatic heterocycles. The molecule has 2 N–H and O–H groups in total. The van der Waals surface area contributed by atoms with Crippen molar-refractivity contribution in [2.24, 2.45) is 0 Å². The number of hydrogen-bond donors (Lipinski definition) is 2. The van der Waals surface area contributed by atoms with Crippen molar-refractivity contribution >= 4 is 22.6 Å². The van der Waals surface area contributed by atoms with Gasteiger partial charge in [0.2, 0.25) is 0 Å². The van der Waals surface area contributed by atoms with Gasteiger partial charge in [0.05, 0.1) is 16.0 Å². The summed E-state index contributed by atoms with van der Waals surface area (Å²) in [6.45, 7) is 1.97. The molecule has 0 saturated carbocycles. The average molecular weight is 324 g/mol. The minimum absolute atomic E-state index is 0.0556. The van der Waals surface area contributed by atoms with Crippen molar-refractivity contribution in [2.75, 3.05) is 6.54 Å². The van der Waals surface area contributed by atoms with Crippen molar-refractivity contribution < 1.29 is 9.72 Å². The zero-order valence-electron chi connectivity index (χ0n) is 13.1. The highest BCUT2D eigenvalue weighted by Crippen LogP contribution is 2.20. The fourth-order valence-corrected chi connectivity index (χ4v) is 2.58. The number of nitrogens with zero attached hydrogens (tertiary/aromatic N) is 2. The van der Waals surface area contributed by atoms with Gasteiger partial charge in [-0.3, -0.25) is 14.9 Å². The Morgan fingerprint density at radius 2 is 2.04 bits per heavy atom. The lowest BCUT2D eigenvalue weighted by Crippen LogP contribution is -2.26. The first-order valence-corrected chi connectivity index (χ1v) is 7.52. The summed E-state index contributed by atoms with van der Waals surface area (Å²) in [6.07, 6.45) is 0.550. The zero-order chi connectivity index (χ0) is 17.1. The lowest BCUT2D eigenvalue weighted by atomic mass is 10.1. The molecule has 1 heterocycles. The van der Waals surface area contributed by atoms with Gasteiger partial charge in [-0.2, -0.15) is 0 Å². The molecule has 0 unspecified atom stereocenters. The van der Waals surface area contributed by atoms with Crippen LogP contribution in [0.5, 0.6) is 0 Å². The van der Waals surface area contributed by atoms with Gasteiger partial charge in [-0.05, 0) is 25.1 Å². The summed E-state index contributed by atoms with van der Waals surface area (Å²) in [6, 6.07) is 12.2. The minimum atomic E-state index is -0.486. The number of nitro groups is 1. The molecular formula is C17H16N4O3. The van der Waals surface area contributed by atoms with Crippen LogP contribution in [0.3, 0.4) is 0 Å². The van der Waals surface area contributed by atoms with E-state index in [4.69, 9.17) is 0 Å². The Morgan fingerprint density at radius 3 is 2.79 bits per heavy atom. The predicted molar refractivity (Wildman–Crippen MR) is 90.0 cm³/mol. The Kier molecular flexibility index (Phi) is 4.24. The standard InChI is InChI=1S/C17H16N4O3/c1-11-12(5-4-8-15(11)21(23)24)17(22)18-10-9-16-19-13-6-2-3-7-14(13)20-16/h2-8H,9-10H2,1H3,(H,18,22)(H,19,20). The van der Waals surface area contributed by atoms with Gasteiger partial charge in [0, 0.05) is 30.2 Å². The first-order chi connectivity index (χ1) is 11.6. The minimum Gasteiger partial charge on any atom is -0.352 e. The fraction of sp³-hybridized carbons (Fsp3) is 0.176. The first-order valence-electron chi connectivity index (χ1n) is 7.52. The average Bonchev–Trinajstić information content (AvgIpc) is 2.97. The number of hydrogen-bond acceptors (Lipinski definition) is 4. The van der Waals surface area contributed by atoms with E-state index in [9.17, 15) is 14.9 Å². The second-order valence-corrected chi connectivity index (χ2v) is 5.41. The number of aromatic nitrogens is 2. The monoisotopic (exact) mass is 324 g/mol. The summed E-state index contributed by atoms with van der Waals surface area (Å²) in [7, 11) is 0. The molecule has 3 aromatic rings. The Morgan fingerprint density at radius 1 is 1.25 bits per heavy atom. The second-order valence-electron chi connectivity index (χ2n) is 5.41. The highest BCUT2D eigenvalue weighted by molar-refractivity contribution is 5.96. The largest absolute Gasteiger partial charge is 0.352 e. The van der Waals surface area contributed by atoms with E-state index < -0.39 is 4.92 Å². The number of fused-ring (bicyclic) bond motifs is 1. The number of nitro benzene ring substituents is 1. The molecule has 0 aliphatic carbocycles. The number of H-pyrrole nitrogens is 1. The Labute approximate surface area is 137 Å². The molecule has 3 rings (SSSR count). The van der Waals surface area contributed by atoms with E-state index in [-0.39, 0.29) is 11.6 Å². The molecule has 0 fully saturated rings. The van der Waals surface area contributed by atoms with Crippen LogP contribution in [-0.2, 0) is 6.42 Å². The van der Waals surface area contributed by atoms with Gasteiger partial charge in [-0.25, -0.2) is 4.98 Å². The van der Waals surface area contributed by atoms with Crippen LogP contribution in [0.15, 0.2) is 42.5 Å². The third kappa shape index (κ3) is 3.10. The van der Waals surface area contributed by atoms with Crippen molar-refractivity contribution in [2.45, 2.75) is 13.3 Å². The van der Waals surface area contributed by atoms with Gasteiger partial charge in [-0.15, -0.1) is 0 Å². The number of para-hydroxylation sites is 2. The first kappa shape index (κ1) is 15.7. The number of carbonyl (C=O) groups excluding carboxylic acids is 1. The van der Waals surface area contributed by atoms with Gasteiger partial charge in [0.15, 0.2) is 0 Å². The molecule has 0 aliphatic rings. The highest BCUT2D eigenvalue weighted by Gasteiger charge is 2.17. The smallest absolute Gasteiger partial charge is 0.273 e. The molecule has 0 spiro atoms. The van der Waals surface area contributed by atoms with Crippen molar-refractivity contribution in [3.8, 4) is 0 Å². The van der Waals surface area contributed by atoms with Crippen LogP contribution in [0, 0.1) is 17.0 Å². The number of imidazole rings is 1. The van der Waals surface area contributed by atoms with E-state index in [1.165, 1.54) is 12.1 Å². The second kappa shape index (κ2) is 6.49. The predicted octanol–water partition coefficient (Wildman–Crippen LogP) is 2.75. The summed E-state index contributed by atoms with van der Waals surface area (Å²) < 4.78 is 0. The van der Waals surface area contributed by atoms with Crippen LogP contribution in [0.4, 0.5) is 5.69 Å². The summed E-state index contributed by atoms with van der Waals surface area (Å²) in [5, 5.41) is 13.7. The third-order valence-corrected chi connectivity index (χ3v) is 3.83. The van der Waals surface area contributed by atoms with Gasteiger partial charge < -0.3 is 10.3 Å². The molecule has 1 aromatic heterocycles. The van der Waals surface area contributed by atoms with Gasteiger partial charge in [-0.1, -0.05) is 18.2 Å². The summed E-state index contributed by atoms with van der Waals surface area (Å²) in [5.41, 5.74) is 2.46. The van der Waals surface area contributed by atoms with Crippen LogP contribution in [-0.4, -0.2) is 27.3 Å². The van der Waals surface area contributed by atoms with Gasteiger partial charge >= 0.3 is 0 Å². The molecule has 1 amide bonds. The van der Waals surface area contributed by atoms with Crippen LogP contribution in [0.1, 0.15) is 21.7 Å². The molecule has 7 nitrogen and oxygen atoms in total. The number of amides is 1. The van der Waals surface area contributed by atoms with E-state index in [1.807, 2.05) is 24.3 Å². The molecule has 7 heteroatoms. The van der Waals surface area contributed by atoms with E-state index >= 15 is 0 Å². The van der Waals surface area contributed by atoms with Gasteiger partial charge in [0.1, 0.15) is 5.82 Å². The number of aromatic amines is 1. The number of carbonyl (C=O) groups is 1. The quantitative estimate of drug-likeness (QED) is 0.556. The van der Waals surface area contributed by atoms with Crippen molar-refractivity contribution in [1.29, 1.82) is 0 Å². The van der Waals surface area contributed by atoms with Crippen LogP contribution < -0.4 is 5.32 Å². The topological polar surface area (TPSA) is 101 Å². The number of benzene rings is 2. The van der Waals surface area contributed by atoms with Gasteiger partial charge in [0.25, 0.3) is 11.6 Å². The highest BCUT2D eigenvalue weighted by atomic mass is 16.6. The molecule has 0 atom stereocenters. The molecule has 0 bridgehead atoms. The Hall–Kier alpha value is -3.22. The van der Waals surface area contributed by atoms with E-state index in [0.717, 1.165) is 16.9 Å². The maximum Gasteiger partial charge on any atom is 0.273 e. The van der Waals surface area contributed by atoms with Crippen molar-refractivity contribution in [3.63, 3.8) is 0 Å². The SMILES string of the molecule is Cc1c(C(=O)NCCc2nc3ccccc3[nH]2)cccc1[N+](=O)[O-]. The molecule has 0 radical (unpaired) electrons. The molecule has 24 heavy (non-hydrogen) atoms. The number of nitrogens with one attached hydrogen (secondary N) is 2. The fourth-order valence-electron chi connectivity index (χ4n) is 2.58. The molecule has 2 aromatic carbocycles. The van der Waals surface area contributed by atoms with Crippen LogP contribution in [0.2, 0.25) is 0 Å². The van der Waals surface area contributed by atoms with E-state index in [0.29, 0.717) is 24.1 Å². The van der Waals surface area contributed by atoms with E-state index in [1.54, 1.807) is 13.0 Å². The molecule has 0 saturated heterocycles. The zero-order valence-corrected chi connectivity index (χ0v) is 13.1. The maximum atomic E-state index is 12.2. The Bertz CT molecular complexity index is 884. The lowest BCUT2D eigenvalue weighted by molar-refractivity contribution is -0.385. The maximum absolute atomic E-state index is 12.2. The number of rotatable bonds is 5. The molecule has 122 valence electrons. The van der Waals surface area contributed by atoms with E-state index in [2.05, 4.69) is 15.3 Å². The summed E-state index contributed by atoms with van der Waals surface area (Å²) in [4.78, 5) is 30.3. The lowest BCUT2D eigenvalue weighted by Gasteiger charge is -2.07. The Balaban J connectivity index is 1.65. The van der Waals surface area contributed by atoms with Crippen molar-refractivity contribution in [3.05, 3.63) is 69.5 Å². The van der Waals surface area contributed by atoms with Crippen LogP contribution in [0.25, 0.3) is 11.0 Å². The summed E-state index contributed by atoms with van der Waals surface area (Å²) in [5.74, 6) is 0.458. The van der Waals surface area contributed by atoms with Crippen LogP contribution >= 0.6 is 0 Å². The van der Waals surface area contributed by atoms with Crippen molar-refractivity contribution in [1.82, 2.24) is 15.3 Å². The summed E-state index contributed by atoms with van der Waals surface area (Å²) >= 11 is 0. The molecular weight excluding hydrogens is 308 g/mol. The normalized spacial score (nSPS) is 10.7.